The summed E-state index contributed by atoms with van der Waals surface area (Å²) in [6.45, 7) is 1.72. The summed E-state index contributed by atoms with van der Waals surface area (Å²) >= 11 is 3.33. The number of carbonyl (C=O) groups is 1. The van der Waals surface area contributed by atoms with Crippen molar-refractivity contribution < 1.29 is 4.79 Å². The second-order valence-electron chi connectivity index (χ2n) is 7.93. The Labute approximate surface area is 185 Å². The van der Waals surface area contributed by atoms with E-state index in [0.29, 0.717) is 0 Å². The van der Waals surface area contributed by atoms with E-state index in [1.165, 1.54) is 22.4 Å². The summed E-state index contributed by atoms with van der Waals surface area (Å²) in [6.07, 6.45) is 4.17. The zero-order valence-corrected chi connectivity index (χ0v) is 18.6. The van der Waals surface area contributed by atoms with Gasteiger partial charge >= 0.3 is 186 Å². The van der Waals surface area contributed by atoms with Gasteiger partial charge in [-0.25, -0.2) is 0 Å². The molecule has 0 N–H and O–H groups in total. The van der Waals surface area contributed by atoms with Crippen LogP contribution in [-0.2, 0) is 12.8 Å². The van der Waals surface area contributed by atoms with Crippen LogP contribution >= 0.6 is 0 Å². The summed E-state index contributed by atoms with van der Waals surface area (Å²) < 4.78 is 1.13. The molecule has 0 saturated carbocycles. The van der Waals surface area contributed by atoms with Crippen LogP contribution in [0.2, 0.25) is 0 Å². The average molecular weight is 459 g/mol. The summed E-state index contributed by atoms with van der Waals surface area (Å²) in [7, 11) is 0. The molecule has 0 saturated heterocycles. The monoisotopic (exact) mass is 460 g/mol. The Morgan fingerprint density at radius 2 is 1.17 bits per heavy atom. The van der Waals surface area contributed by atoms with Gasteiger partial charge in [-0.2, -0.15) is 0 Å². The van der Waals surface area contributed by atoms with Gasteiger partial charge in [0.1, 0.15) is 0 Å². The summed E-state index contributed by atoms with van der Waals surface area (Å²) in [6, 6.07) is 24.6. The van der Waals surface area contributed by atoms with Crippen molar-refractivity contribution in [2.75, 3.05) is 22.9 Å². The van der Waals surface area contributed by atoms with Gasteiger partial charge in [-0.1, -0.05) is 0 Å². The number of hydrogen-bond donors (Lipinski definition) is 0. The molecule has 0 aliphatic carbocycles. The normalized spacial score (nSPS) is 15.3. The number of fused-ring (bicyclic) bond motifs is 3. The Hall–Kier alpha value is -2.68. The van der Waals surface area contributed by atoms with Crippen molar-refractivity contribution in [3.63, 3.8) is 0 Å². The molecule has 0 fully saturated rings. The molecule has 0 spiro atoms. The number of aryl methyl sites for hydroxylation is 2. The Bertz CT molecular complexity index is 1010. The summed E-state index contributed by atoms with van der Waals surface area (Å²) in [5.41, 5.74) is 6.85. The van der Waals surface area contributed by atoms with E-state index in [1.54, 1.807) is 0 Å². The van der Waals surface area contributed by atoms with Crippen molar-refractivity contribution in [1.29, 1.82) is 0 Å². The molecule has 4 heteroatoms. The molecule has 0 aromatic heterocycles. The zero-order chi connectivity index (χ0) is 20.5. The Morgan fingerprint density at radius 3 is 1.77 bits per heavy atom. The Morgan fingerprint density at radius 1 is 0.667 bits per heavy atom. The first-order chi connectivity index (χ1) is 14.7. The Balaban J connectivity index is 1.63. The van der Waals surface area contributed by atoms with Crippen molar-refractivity contribution in [2.24, 2.45) is 0 Å². The van der Waals surface area contributed by atoms with E-state index < -0.39 is 0 Å². The topological polar surface area (TPSA) is 23.6 Å². The van der Waals surface area contributed by atoms with Gasteiger partial charge in [0.25, 0.3) is 0 Å². The zero-order valence-electron chi connectivity index (χ0n) is 16.9. The molecule has 0 radical (unpaired) electrons. The van der Waals surface area contributed by atoms with Crippen molar-refractivity contribution in [3.8, 4) is 0 Å². The first-order valence-corrected chi connectivity index (χ1v) is 11.5. The maximum atomic E-state index is 13.5. The first kappa shape index (κ1) is 19.3. The molecular weight excluding hydrogens is 435 g/mol. The van der Waals surface area contributed by atoms with E-state index in [9.17, 15) is 4.79 Å². The minimum absolute atomic E-state index is 0.0943. The van der Waals surface area contributed by atoms with Crippen molar-refractivity contribution >= 4 is 37.4 Å². The molecule has 0 atom stereocenters. The van der Waals surface area contributed by atoms with E-state index in [-0.39, 0.29) is 5.91 Å². The van der Waals surface area contributed by atoms with Gasteiger partial charge in [-0.15, -0.1) is 0 Å². The van der Waals surface area contributed by atoms with Crippen LogP contribution in [-0.4, -0.2) is 39.1 Å². The molecule has 3 nitrogen and oxygen atoms in total. The molecule has 150 valence electrons. The van der Waals surface area contributed by atoms with E-state index in [2.05, 4.69) is 56.9 Å². The average Bonchev–Trinajstić information content (AvgIpc) is 2.83. The number of hydrogen-bond acceptors (Lipinski definition) is 2. The quantitative estimate of drug-likeness (QED) is 0.543. The molecule has 2 aliphatic heterocycles. The van der Waals surface area contributed by atoms with Gasteiger partial charge in [0.2, 0.25) is 0 Å². The van der Waals surface area contributed by atoms with E-state index >= 15 is 0 Å². The number of carbonyl (C=O) groups excluding carboxylic acids is 1. The summed E-state index contributed by atoms with van der Waals surface area (Å²) in [4.78, 5) is 17.9. The summed E-state index contributed by atoms with van der Waals surface area (Å²) in [5, 5.41) is 0. The maximum absolute atomic E-state index is 13.5. The van der Waals surface area contributed by atoms with Gasteiger partial charge in [0.15, 0.2) is 0 Å². The second-order valence-corrected chi connectivity index (χ2v) is 8.75. The molecule has 2 heterocycles. The third-order valence-corrected chi connectivity index (χ3v) is 7.00. The summed E-state index contributed by atoms with van der Waals surface area (Å²) in [5.74, 6) is 0.0943. The first-order valence-electron chi connectivity index (χ1n) is 10.6. The Kier molecular flexibility index (Phi) is 5.28. The van der Waals surface area contributed by atoms with Gasteiger partial charge < -0.3 is 0 Å². The van der Waals surface area contributed by atoms with Crippen LogP contribution in [0.15, 0.2) is 72.8 Å². The molecule has 5 rings (SSSR count). The van der Waals surface area contributed by atoms with E-state index in [1.807, 2.05) is 41.3 Å². The van der Waals surface area contributed by atoms with Crippen LogP contribution in [0.1, 0.15) is 39.9 Å². The number of rotatable bonds is 3. The van der Waals surface area contributed by atoms with Crippen LogP contribution in [0.5, 0.6) is 0 Å². The molecular formula is C26H24N2OSe. The number of benzene rings is 3. The standard InChI is InChI=1S/C26H24N2OSe/c29-25(21-9-3-1-4-10-21)27-17-7-13-19-15-16-20-14-8-18-28(24(20)23(19)27)26(30)22-11-5-2-6-12-22/h1-6,9-12,15-16H,7-8,13-14,17-18H2. The fourth-order valence-electron chi connectivity index (χ4n) is 4.63. The van der Waals surface area contributed by atoms with Gasteiger partial charge in [0, 0.05) is 0 Å². The molecule has 2 aliphatic rings. The van der Waals surface area contributed by atoms with Crippen molar-refractivity contribution in [2.45, 2.75) is 25.7 Å². The molecule has 3 aromatic carbocycles. The van der Waals surface area contributed by atoms with Gasteiger partial charge in [-0.05, 0) is 0 Å². The third-order valence-electron chi connectivity index (χ3n) is 6.05. The fraction of sp³-hybridized carbons (Fsp3) is 0.231. The number of nitrogens with zero attached hydrogens (tertiary/aromatic N) is 2. The van der Waals surface area contributed by atoms with E-state index in [0.717, 1.165) is 54.6 Å². The van der Waals surface area contributed by atoms with Crippen LogP contribution in [0, 0.1) is 0 Å². The number of amides is 1. The SMILES string of the molecule is O=C(c1ccccc1)N1CCCc2ccc3c(c21)N(C(=[Se])c1ccccc1)CCC3. The van der Waals surface area contributed by atoms with Crippen molar-refractivity contribution in [3.05, 3.63) is 95.1 Å². The number of anilines is 2. The predicted octanol–water partition coefficient (Wildman–Crippen LogP) is 4.38. The molecule has 0 bridgehead atoms. The van der Waals surface area contributed by atoms with E-state index in [4.69, 9.17) is 0 Å². The third kappa shape index (κ3) is 3.40. The molecule has 0 unspecified atom stereocenters. The predicted molar refractivity (Wildman–Crippen MR) is 125 cm³/mol. The van der Waals surface area contributed by atoms with Crippen LogP contribution in [0.25, 0.3) is 0 Å². The second kappa shape index (κ2) is 8.22. The van der Waals surface area contributed by atoms with Crippen LogP contribution in [0.4, 0.5) is 11.4 Å². The van der Waals surface area contributed by atoms with Crippen molar-refractivity contribution in [1.82, 2.24) is 0 Å². The molecule has 30 heavy (non-hydrogen) atoms. The minimum atomic E-state index is 0.0943. The van der Waals surface area contributed by atoms with Crippen LogP contribution < -0.4 is 9.80 Å². The van der Waals surface area contributed by atoms with Gasteiger partial charge in [0.05, 0.1) is 0 Å². The molecule has 3 aromatic rings. The molecule has 1 amide bonds. The van der Waals surface area contributed by atoms with Crippen LogP contribution in [0.3, 0.4) is 0 Å². The fourth-order valence-corrected chi connectivity index (χ4v) is 5.30. The van der Waals surface area contributed by atoms with Gasteiger partial charge in [-0.3, -0.25) is 0 Å².